The van der Waals surface area contributed by atoms with Gasteiger partial charge >= 0.3 is 5.97 Å². The first-order chi connectivity index (χ1) is 11.5. The molecule has 0 fully saturated rings. The Labute approximate surface area is 141 Å². The Kier molecular flexibility index (Phi) is 8.53. The Bertz CT molecular complexity index is 698. The minimum Gasteiger partial charge on any atom is -0.478 e. The summed E-state index contributed by atoms with van der Waals surface area (Å²) in [6, 6.07) is 6.12. The number of carboxylic acids is 1. The van der Waals surface area contributed by atoms with E-state index < -0.39 is 5.97 Å². The van der Waals surface area contributed by atoms with Gasteiger partial charge in [-0.2, -0.15) is 0 Å². The first-order valence-corrected chi connectivity index (χ1v) is 7.36. The van der Waals surface area contributed by atoms with Crippen molar-refractivity contribution in [3.8, 4) is 0 Å². The first-order valence-electron chi connectivity index (χ1n) is 7.36. The van der Waals surface area contributed by atoms with Gasteiger partial charge in [0.05, 0.1) is 6.21 Å². The molecular formula is C19H20FNO3. The van der Waals surface area contributed by atoms with Crippen LogP contribution in [-0.2, 0) is 9.63 Å². The second-order valence-electron chi connectivity index (χ2n) is 4.87. The predicted molar refractivity (Wildman–Crippen MR) is 93.1 cm³/mol. The van der Waals surface area contributed by atoms with Crippen molar-refractivity contribution < 1.29 is 19.1 Å². The van der Waals surface area contributed by atoms with Gasteiger partial charge in [-0.1, -0.05) is 47.2 Å². The summed E-state index contributed by atoms with van der Waals surface area (Å²) in [4.78, 5) is 15.2. The number of carbonyl (C=O) groups is 1. The Hall–Kier alpha value is -2.95. The van der Waals surface area contributed by atoms with Crippen LogP contribution < -0.4 is 0 Å². The second-order valence-corrected chi connectivity index (χ2v) is 4.87. The van der Waals surface area contributed by atoms with Gasteiger partial charge in [-0.25, -0.2) is 9.18 Å². The van der Waals surface area contributed by atoms with Gasteiger partial charge in [-0.15, -0.1) is 0 Å². The molecule has 1 N–H and O–H groups in total. The third kappa shape index (κ3) is 7.89. The lowest BCUT2D eigenvalue weighted by Crippen LogP contribution is -1.98. The molecule has 0 saturated heterocycles. The highest BCUT2D eigenvalue weighted by molar-refractivity contribution is 5.87. The molecule has 0 spiro atoms. The van der Waals surface area contributed by atoms with Crippen molar-refractivity contribution in [1.29, 1.82) is 0 Å². The molecule has 24 heavy (non-hydrogen) atoms. The Morgan fingerprint density at radius 3 is 2.88 bits per heavy atom. The smallest absolute Gasteiger partial charge is 0.331 e. The van der Waals surface area contributed by atoms with E-state index in [0.717, 1.165) is 5.57 Å². The van der Waals surface area contributed by atoms with Crippen LogP contribution in [0.1, 0.15) is 25.8 Å². The lowest BCUT2D eigenvalue weighted by molar-refractivity contribution is -0.132. The molecule has 1 aromatic rings. The van der Waals surface area contributed by atoms with Crippen LogP contribution in [0, 0.1) is 5.82 Å². The van der Waals surface area contributed by atoms with Crippen LogP contribution in [0.15, 0.2) is 77.2 Å². The lowest BCUT2D eigenvalue weighted by atomic mass is 10.1. The Morgan fingerprint density at radius 1 is 1.42 bits per heavy atom. The maximum absolute atomic E-state index is 12.6. The lowest BCUT2D eigenvalue weighted by Gasteiger charge is -1.93. The first kappa shape index (κ1) is 19.1. The van der Waals surface area contributed by atoms with Crippen LogP contribution >= 0.6 is 0 Å². The van der Waals surface area contributed by atoms with Gasteiger partial charge in [0, 0.05) is 5.57 Å². The fourth-order valence-electron chi connectivity index (χ4n) is 1.66. The van der Waals surface area contributed by atoms with Gasteiger partial charge in [-0.3, -0.25) is 0 Å². The molecule has 0 aliphatic heterocycles. The van der Waals surface area contributed by atoms with Crippen LogP contribution in [0.25, 0.3) is 0 Å². The number of aliphatic carboxylic acids is 1. The molecular weight excluding hydrogens is 309 g/mol. The molecule has 0 radical (unpaired) electrons. The van der Waals surface area contributed by atoms with E-state index in [1.807, 2.05) is 26.0 Å². The molecule has 1 aliphatic rings. The van der Waals surface area contributed by atoms with E-state index in [0.29, 0.717) is 17.6 Å². The number of carboxylic acid groups (broad SMARTS) is 1. The maximum atomic E-state index is 12.6. The van der Waals surface area contributed by atoms with Crippen LogP contribution in [0.4, 0.5) is 4.39 Å². The molecule has 0 aromatic heterocycles. The standard InChI is InChI=1S/C10H10FNO.C9H10O2/c1-2-6-13-12-8-9-4-3-5-10(11)7-9;1-7-3-2-4-8(6-5-7)9(10)11/h2-8H,1H3;2-5H,6H2,1H3,(H,10,11)/b6-2-,12-8+;. The summed E-state index contributed by atoms with van der Waals surface area (Å²) in [5.74, 6) is -1.12. The van der Waals surface area contributed by atoms with E-state index in [1.54, 1.807) is 30.4 Å². The third-order valence-corrected chi connectivity index (χ3v) is 2.88. The SMILES string of the molecule is C/C=C\O/N=C/c1cccc(F)c1.CC1=CCC(C(=O)O)=CC=C1. The van der Waals surface area contributed by atoms with E-state index >= 15 is 0 Å². The van der Waals surface area contributed by atoms with Crippen molar-refractivity contribution >= 4 is 12.2 Å². The highest BCUT2D eigenvalue weighted by atomic mass is 19.1. The van der Waals surface area contributed by atoms with Crippen LogP contribution in [0.3, 0.4) is 0 Å². The van der Waals surface area contributed by atoms with Crippen LogP contribution in [-0.4, -0.2) is 17.3 Å². The largest absolute Gasteiger partial charge is 0.478 e. The zero-order valence-electron chi connectivity index (χ0n) is 13.6. The molecule has 0 heterocycles. The Balaban J connectivity index is 0.000000243. The van der Waals surface area contributed by atoms with Crippen molar-refractivity contribution in [2.75, 3.05) is 0 Å². The number of hydrogen-bond donors (Lipinski definition) is 1. The highest BCUT2D eigenvalue weighted by Gasteiger charge is 2.04. The fraction of sp³-hybridized carbons (Fsp3) is 0.158. The summed E-state index contributed by atoms with van der Waals surface area (Å²) in [6.45, 7) is 3.77. The van der Waals surface area contributed by atoms with Crippen molar-refractivity contribution in [2.24, 2.45) is 5.16 Å². The summed E-state index contributed by atoms with van der Waals surface area (Å²) in [6.07, 6.45) is 12.3. The van der Waals surface area contributed by atoms with Gasteiger partial charge in [0.15, 0.2) is 0 Å². The van der Waals surface area contributed by atoms with Gasteiger partial charge in [0.1, 0.15) is 12.1 Å². The fourth-order valence-corrected chi connectivity index (χ4v) is 1.66. The number of benzene rings is 1. The average Bonchev–Trinajstić information content (AvgIpc) is 2.77. The predicted octanol–water partition coefficient (Wildman–Crippen LogP) is 4.61. The molecule has 0 atom stereocenters. The van der Waals surface area contributed by atoms with Gasteiger partial charge < -0.3 is 9.94 Å². The number of hydrogen-bond acceptors (Lipinski definition) is 3. The van der Waals surface area contributed by atoms with E-state index in [9.17, 15) is 9.18 Å². The number of allylic oxidation sites excluding steroid dienone is 6. The molecule has 0 saturated carbocycles. The van der Waals surface area contributed by atoms with Crippen molar-refractivity contribution in [3.05, 3.63) is 83.4 Å². The van der Waals surface area contributed by atoms with Crippen LogP contribution in [0.2, 0.25) is 0 Å². The number of rotatable bonds is 4. The zero-order valence-corrected chi connectivity index (χ0v) is 13.6. The quantitative estimate of drug-likeness (QED) is 0.498. The number of halogens is 1. The van der Waals surface area contributed by atoms with E-state index in [2.05, 4.69) is 5.16 Å². The Morgan fingerprint density at radius 2 is 2.21 bits per heavy atom. The molecule has 4 nitrogen and oxygen atoms in total. The molecule has 1 aromatic carbocycles. The van der Waals surface area contributed by atoms with E-state index in [4.69, 9.17) is 9.94 Å². The third-order valence-electron chi connectivity index (χ3n) is 2.88. The van der Waals surface area contributed by atoms with Crippen LogP contribution in [0.5, 0.6) is 0 Å². The van der Waals surface area contributed by atoms with E-state index in [1.165, 1.54) is 24.6 Å². The summed E-state index contributed by atoms with van der Waals surface area (Å²) < 4.78 is 12.6. The van der Waals surface area contributed by atoms with Crippen molar-refractivity contribution in [3.63, 3.8) is 0 Å². The molecule has 0 bridgehead atoms. The molecule has 0 unspecified atom stereocenters. The summed E-state index contributed by atoms with van der Waals surface area (Å²) in [5.41, 5.74) is 2.22. The van der Waals surface area contributed by atoms with Crippen molar-refractivity contribution in [1.82, 2.24) is 0 Å². The molecule has 2 rings (SSSR count). The molecule has 5 heteroatoms. The molecule has 0 amide bonds. The van der Waals surface area contributed by atoms with Gasteiger partial charge in [0.2, 0.25) is 0 Å². The maximum Gasteiger partial charge on any atom is 0.331 e. The summed E-state index contributed by atoms with van der Waals surface area (Å²) in [5, 5.41) is 12.2. The number of nitrogens with zero attached hydrogens (tertiary/aromatic N) is 1. The topological polar surface area (TPSA) is 58.9 Å². The van der Waals surface area contributed by atoms with Crippen molar-refractivity contribution in [2.45, 2.75) is 20.3 Å². The molecule has 1 aliphatic carbocycles. The summed E-state index contributed by atoms with van der Waals surface area (Å²) >= 11 is 0. The summed E-state index contributed by atoms with van der Waals surface area (Å²) in [7, 11) is 0. The average molecular weight is 329 g/mol. The monoisotopic (exact) mass is 329 g/mol. The minimum absolute atomic E-state index is 0.282. The molecule has 126 valence electrons. The minimum atomic E-state index is -0.833. The van der Waals surface area contributed by atoms with Gasteiger partial charge in [0.25, 0.3) is 0 Å². The van der Waals surface area contributed by atoms with Gasteiger partial charge in [-0.05, 0) is 44.0 Å². The second kappa shape index (κ2) is 10.7. The zero-order chi connectivity index (χ0) is 17.8. The normalized spacial score (nSPS) is 13.8. The van der Waals surface area contributed by atoms with E-state index in [-0.39, 0.29) is 5.82 Å². The highest BCUT2D eigenvalue weighted by Crippen LogP contribution is 2.10. The number of oxime groups is 1.